The lowest BCUT2D eigenvalue weighted by Gasteiger charge is -2.21. The van der Waals surface area contributed by atoms with E-state index in [1.165, 1.54) is 29.2 Å². The molecule has 0 aliphatic carbocycles. The summed E-state index contributed by atoms with van der Waals surface area (Å²) >= 11 is 0. The number of nitro groups is 1. The Morgan fingerprint density at radius 2 is 1.63 bits per heavy atom. The third-order valence-electron chi connectivity index (χ3n) is 5.45. The van der Waals surface area contributed by atoms with Crippen molar-refractivity contribution >= 4 is 34.4 Å². The molecule has 2 aromatic rings. The number of imide groups is 1. The summed E-state index contributed by atoms with van der Waals surface area (Å²) in [5.74, 6) is -0.766. The van der Waals surface area contributed by atoms with Crippen LogP contribution in [-0.2, 0) is 9.59 Å². The molecule has 4 rings (SSSR count). The Morgan fingerprint density at radius 1 is 0.967 bits per heavy atom. The van der Waals surface area contributed by atoms with Gasteiger partial charge in [0, 0.05) is 45.0 Å². The maximum atomic E-state index is 13.5. The largest absolute Gasteiger partial charge is 0.378 e. The molecule has 1 saturated heterocycles. The molecule has 2 aliphatic rings. The molecule has 2 aromatic carbocycles. The van der Waals surface area contributed by atoms with E-state index >= 15 is 0 Å². The summed E-state index contributed by atoms with van der Waals surface area (Å²) < 4.78 is 0. The molecule has 0 radical (unpaired) electrons. The molecule has 0 atom stereocenters. The summed E-state index contributed by atoms with van der Waals surface area (Å²) in [6, 6.07) is 13.0. The second kappa shape index (κ2) is 7.62. The zero-order chi connectivity index (χ0) is 21.4. The summed E-state index contributed by atoms with van der Waals surface area (Å²) in [6.45, 7) is 1.41. The fraction of sp³-hybridized carbons (Fsp3) is 0.273. The lowest BCUT2D eigenvalue weighted by Crippen LogP contribution is -2.34. The van der Waals surface area contributed by atoms with Crippen molar-refractivity contribution in [3.8, 4) is 0 Å². The number of hydrogen-bond donors (Lipinski definition) is 0. The molecule has 0 saturated carbocycles. The Labute approximate surface area is 174 Å². The first-order valence-corrected chi connectivity index (χ1v) is 9.78. The molecule has 0 spiro atoms. The lowest BCUT2D eigenvalue weighted by atomic mass is 10.0. The second-order valence-corrected chi connectivity index (χ2v) is 7.58. The lowest BCUT2D eigenvalue weighted by molar-refractivity contribution is -0.384. The normalized spacial score (nSPS) is 16.6. The maximum absolute atomic E-state index is 13.5. The van der Waals surface area contributed by atoms with Gasteiger partial charge in [0.25, 0.3) is 17.5 Å². The highest BCUT2D eigenvalue weighted by Crippen LogP contribution is 2.37. The topological polar surface area (TPSA) is 87.0 Å². The number of rotatable bonds is 5. The molecule has 1 fully saturated rings. The predicted octanol–water partition coefficient (Wildman–Crippen LogP) is 3.04. The SMILES string of the molecule is CN(C)c1cccc(N2C(=O)C(c3ccc([N+](=O)[O-])cc3)=C(N3CCCC3)C2=O)c1. The smallest absolute Gasteiger partial charge is 0.282 e. The Hall–Kier alpha value is -3.68. The minimum absolute atomic E-state index is 0.0608. The summed E-state index contributed by atoms with van der Waals surface area (Å²) in [5.41, 5.74) is 2.50. The minimum atomic E-state index is -0.486. The van der Waals surface area contributed by atoms with Gasteiger partial charge in [-0.25, -0.2) is 4.90 Å². The molecular formula is C22H22N4O4. The van der Waals surface area contributed by atoms with E-state index in [-0.39, 0.29) is 11.6 Å². The third-order valence-corrected chi connectivity index (χ3v) is 5.45. The van der Waals surface area contributed by atoms with E-state index in [0.717, 1.165) is 18.5 Å². The Bertz CT molecular complexity index is 1050. The third kappa shape index (κ3) is 3.30. The average molecular weight is 406 g/mol. The van der Waals surface area contributed by atoms with Crippen molar-refractivity contribution < 1.29 is 14.5 Å². The summed E-state index contributed by atoms with van der Waals surface area (Å²) in [5, 5.41) is 11.0. The van der Waals surface area contributed by atoms with Crippen LogP contribution in [0.2, 0.25) is 0 Å². The number of likely N-dealkylation sites (tertiary alicyclic amines) is 1. The molecular weight excluding hydrogens is 384 g/mol. The number of carbonyl (C=O) groups excluding carboxylic acids is 2. The van der Waals surface area contributed by atoms with Crippen LogP contribution in [0.25, 0.3) is 5.57 Å². The van der Waals surface area contributed by atoms with Gasteiger partial charge in [-0.05, 0) is 48.7 Å². The van der Waals surface area contributed by atoms with E-state index in [1.807, 2.05) is 36.0 Å². The van der Waals surface area contributed by atoms with E-state index in [2.05, 4.69) is 0 Å². The number of anilines is 2. The number of non-ortho nitro benzene ring substituents is 1. The van der Waals surface area contributed by atoms with Crippen molar-refractivity contribution in [2.24, 2.45) is 0 Å². The van der Waals surface area contributed by atoms with Gasteiger partial charge in [-0.3, -0.25) is 19.7 Å². The fourth-order valence-electron chi connectivity index (χ4n) is 3.91. The van der Waals surface area contributed by atoms with Crippen LogP contribution in [0.1, 0.15) is 18.4 Å². The van der Waals surface area contributed by atoms with Crippen molar-refractivity contribution in [1.82, 2.24) is 4.90 Å². The minimum Gasteiger partial charge on any atom is -0.378 e. The molecule has 2 aliphatic heterocycles. The van der Waals surface area contributed by atoms with E-state index < -0.39 is 10.8 Å². The second-order valence-electron chi connectivity index (χ2n) is 7.58. The van der Waals surface area contributed by atoms with Crippen LogP contribution in [0.3, 0.4) is 0 Å². The number of nitrogens with zero attached hydrogens (tertiary/aromatic N) is 4. The van der Waals surface area contributed by atoms with Crippen LogP contribution in [0, 0.1) is 10.1 Å². The first kappa shape index (κ1) is 19.6. The Morgan fingerprint density at radius 3 is 2.23 bits per heavy atom. The monoisotopic (exact) mass is 406 g/mol. The Balaban J connectivity index is 1.80. The maximum Gasteiger partial charge on any atom is 0.282 e. The zero-order valence-corrected chi connectivity index (χ0v) is 16.9. The van der Waals surface area contributed by atoms with Gasteiger partial charge < -0.3 is 9.80 Å². The van der Waals surface area contributed by atoms with Crippen LogP contribution in [0.15, 0.2) is 54.2 Å². The molecule has 2 heterocycles. The molecule has 2 amide bonds. The van der Waals surface area contributed by atoms with E-state index in [9.17, 15) is 19.7 Å². The van der Waals surface area contributed by atoms with Gasteiger partial charge in [0.1, 0.15) is 5.70 Å². The van der Waals surface area contributed by atoms with Gasteiger partial charge >= 0.3 is 0 Å². The van der Waals surface area contributed by atoms with Crippen molar-refractivity contribution in [3.63, 3.8) is 0 Å². The number of benzene rings is 2. The molecule has 8 nitrogen and oxygen atoms in total. The van der Waals surface area contributed by atoms with Crippen molar-refractivity contribution in [2.75, 3.05) is 37.0 Å². The molecule has 0 N–H and O–H groups in total. The number of hydrogen-bond acceptors (Lipinski definition) is 6. The van der Waals surface area contributed by atoms with E-state index in [1.54, 1.807) is 12.1 Å². The molecule has 154 valence electrons. The quantitative estimate of drug-likeness (QED) is 0.431. The molecule has 8 heteroatoms. The number of carbonyl (C=O) groups is 2. The van der Waals surface area contributed by atoms with Crippen LogP contribution < -0.4 is 9.80 Å². The van der Waals surface area contributed by atoms with E-state index in [4.69, 9.17) is 0 Å². The van der Waals surface area contributed by atoms with Gasteiger partial charge in [0.05, 0.1) is 16.2 Å². The summed E-state index contributed by atoms with van der Waals surface area (Å²) in [6.07, 6.45) is 1.91. The standard InChI is InChI=1S/C22H22N4O4/c1-23(2)17-6-5-7-18(14-17)25-21(27)19(15-8-10-16(11-9-15)26(29)30)20(22(25)28)24-12-3-4-13-24/h5-11,14H,3-4,12-13H2,1-2H3. The number of amides is 2. The van der Waals surface area contributed by atoms with Gasteiger partial charge in [-0.2, -0.15) is 0 Å². The summed E-state index contributed by atoms with van der Waals surface area (Å²) in [7, 11) is 3.78. The van der Waals surface area contributed by atoms with Gasteiger partial charge in [0.2, 0.25) is 0 Å². The first-order chi connectivity index (χ1) is 14.4. The fourth-order valence-corrected chi connectivity index (χ4v) is 3.91. The van der Waals surface area contributed by atoms with Crippen LogP contribution in [0.5, 0.6) is 0 Å². The molecule has 0 aromatic heterocycles. The molecule has 0 unspecified atom stereocenters. The average Bonchev–Trinajstić information content (AvgIpc) is 3.34. The van der Waals surface area contributed by atoms with E-state index in [0.29, 0.717) is 35.6 Å². The predicted molar refractivity (Wildman–Crippen MR) is 114 cm³/mol. The number of nitro benzene ring substituents is 1. The highest BCUT2D eigenvalue weighted by atomic mass is 16.6. The van der Waals surface area contributed by atoms with Crippen molar-refractivity contribution in [2.45, 2.75) is 12.8 Å². The van der Waals surface area contributed by atoms with Crippen LogP contribution >= 0.6 is 0 Å². The van der Waals surface area contributed by atoms with Gasteiger partial charge in [0.15, 0.2) is 0 Å². The van der Waals surface area contributed by atoms with Gasteiger partial charge in [-0.15, -0.1) is 0 Å². The van der Waals surface area contributed by atoms with Crippen molar-refractivity contribution in [3.05, 3.63) is 69.9 Å². The van der Waals surface area contributed by atoms with Crippen molar-refractivity contribution in [1.29, 1.82) is 0 Å². The van der Waals surface area contributed by atoms with Crippen LogP contribution in [-0.4, -0.2) is 48.8 Å². The Kier molecular flexibility index (Phi) is 4.99. The molecule has 30 heavy (non-hydrogen) atoms. The summed E-state index contributed by atoms with van der Waals surface area (Å²) in [4.78, 5) is 42.5. The zero-order valence-electron chi connectivity index (χ0n) is 16.9. The highest BCUT2D eigenvalue weighted by molar-refractivity contribution is 6.45. The van der Waals surface area contributed by atoms with Gasteiger partial charge in [-0.1, -0.05) is 6.07 Å². The first-order valence-electron chi connectivity index (χ1n) is 9.78. The molecule has 0 bridgehead atoms. The van der Waals surface area contributed by atoms with Crippen LogP contribution in [0.4, 0.5) is 17.1 Å². The highest BCUT2D eigenvalue weighted by Gasteiger charge is 2.43.